The number of methoxy groups -OCH3 is 1. The summed E-state index contributed by atoms with van der Waals surface area (Å²) in [7, 11) is 1.62. The summed E-state index contributed by atoms with van der Waals surface area (Å²) in [5.41, 5.74) is 1.17. The van der Waals surface area contributed by atoms with Crippen molar-refractivity contribution in [1.82, 2.24) is 0 Å². The molecule has 0 aromatic heterocycles. The zero-order chi connectivity index (χ0) is 9.80. The van der Waals surface area contributed by atoms with Gasteiger partial charge in [0.05, 0.1) is 13.7 Å². The van der Waals surface area contributed by atoms with Gasteiger partial charge in [0.15, 0.2) is 0 Å². The molecule has 0 bridgehead atoms. The Bertz CT molecular complexity index is 321. The molecule has 1 atom stereocenters. The molecule has 74 valence electrons. The van der Waals surface area contributed by atoms with E-state index in [9.17, 15) is 0 Å². The van der Waals surface area contributed by atoms with Gasteiger partial charge >= 0.3 is 0 Å². The summed E-state index contributed by atoms with van der Waals surface area (Å²) in [5.74, 6) is 0.671. The van der Waals surface area contributed by atoms with E-state index in [1.165, 1.54) is 5.56 Å². The normalized spacial score (nSPS) is 21.5. The molecule has 0 N–H and O–H groups in total. The van der Waals surface area contributed by atoms with Crippen molar-refractivity contribution in [3.8, 4) is 0 Å². The first kappa shape index (κ1) is 9.21. The Morgan fingerprint density at radius 3 is 2.86 bits per heavy atom. The topological polar surface area (TPSA) is 30.8 Å². The van der Waals surface area contributed by atoms with Crippen LogP contribution in [0.5, 0.6) is 0 Å². The van der Waals surface area contributed by atoms with Crippen LogP contribution in [0.3, 0.4) is 0 Å². The fourth-order valence-corrected chi connectivity index (χ4v) is 1.46. The maximum absolute atomic E-state index is 5.38. The van der Waals surface area contributed by atoms with E-state index in [-0.39, 0.29) is 6.04 Å². The highest BCUT2D eigenvalue weighted by molar-refractivity contribution is 5.78. The average Bonchev–Trinajstić information content (AvgIpc) is 2.30. The summed E-state index contributed by atoms with van der Waals surface area (Å²) < 4.78 is 10.5. The lowest BCUT2D eigenvalue weighted by molar-refractivity contribution is 0.125. The van der Waals surface area contributed by atoms with Gasteiger partial charge in [-0.15, -0.1) is 0 Å². The van der Waals surface area contributed by atoms with Crippen molar-refractivity contribution in [3.05, 3.63) is 35.9 Å². The molecule has 2 rings (SSSR count). The minimum atomic E-state index is 0.0832. The van der Waals surface area contributed by atoms with Crippen LogP contribution in [0, 0.1) is 0 Å². The highest BCUT2D eigenvalue weighted by Gasteiger charge is 2.16. The number of rotatable bonds is 1. The van der Waals surface area contributed by atoms with Gasteiger partial charge in [0, 0.05) is 0 Å². The van der Waals surface area contributed by atoms with Gasteiger partial charge in [-0.1, -0.05) is 30.3 Å². The van der Waals surface area contributed by atoms with Gasteiger partial charge in [-0.2, -0.15) is 0 Å². The van der Waals surface area contributed by atoms with Crippen molar-refractivity contribution >= 4 is 5.90 Å². The molecule has 3 heteroatoms. The standard InChI is InChI=1S/C11H13NO2/c1-13-11-8-14-7-10(12-11)9-5-3-2-4-6-9/h2-6,10H,7-8H2,1H3/t10-/m0/s1. The van der Waals surface area contributed by atoms with E-state index in [1.54, 1.807) is 7.11 Å². The predicted molar refractivity (Wildman–Crippen MR) is 54.4 cm³/mol. The summed E-state index contributed by atoms with van der Waals surface area (Å²) in [4.78, 5) is 4.44. The summed E-state index contributed by atoms with van der Waals surface area (Å²) >= 11 is 0. The number of benzene rings is 1. The van der Waals surface area contributed by atoms with Crippen molar-refractivity contribution < 1.29 is 9.47 Å². The first-order valence-corrected chi connectivity index (χ1v) is 4.63. The molecule has 0 saturated carbocycles. The van der Waals surface area contributed by atoms with Crippen LogP contribution in [0.15, 0.2) is 35.3 Å². The van der Waals surface area contributed by atoms with E-state index in [4.69, 9.17) is 9.47 Å². The van der Waals surface area contributed by atoms with Crippen LogP contribution in [-0.4, -0.2) is 26.2 Å². The Hall–Kier alpha value is -1.35. The lowest BCUT2D eigenvalue weighted by Crippen LogP contribution is -2.22. The molecule has 1 aromatic carbocycles. The summed E-state index contributed by atoms with van der Waals surface area (Å²) in [5, 5.41) is 0. The summed E-state index contributed by atoms with van der Waals surface area (Å²) in [6.07, 6.45) is 0. The third kappa shape index (κ3) is 1.93. The Kier molecular flexibility index (Phi) is 2.79. The van der Waals surface area contributed by atoms with E-state index in [0.717, 1.165) is 0 Å². The van der Waals surface area contributed by atoms with Crippen LogP contribution >= 0.6 is 0 Å². The Morgan fingerprint density at radius 2 is 2.14 bits per heavy atom. The van der Waals surface area contributed by atoms with Gasteiger partial charge in [-0.25, -0.2) is 4.99 Å². The molecule has 0 spiro atoms. The number of hydrogen-bond acceptors (Lipinski definition) is 3. The smallest absolute Gasteiger partial charge is 0.210 e. The van der Waals surface area contributed by atoms with Crippen LogP contribution in [0.2, 0.25) is 0 Å². The maximum atomic E-state index is 5.38. The Balaban J connectivity index is 2.19. The number of ether oxygens (including phenoxy) is 2. The van der Waals surface area contributed by atoms with E-state index in [2.05, 4.69) is 17.1 Å². The lowest BCUT2D eigenvalue weighted by atomic mass is 10.1. The van der Waals surface area contributed by atoms with Gasteiger partial charge in [0.2, 0.25) is 5.90 Å². The fraction of sp³-hybridized carbons (Fsp3) is 0.364. The fourth-order valence-electron chi connectivity index (χ4n) is 1.46. The van der Waals surface area contributed by atoms with Crippen molar-refractivity contribution in [2.45, 2.75) is 6.04 Å². The molecule has 1 aromatic rings. The second-order valence-corrected chi connectivity index (χ2v) is 3.17. The second kappa shape index (κ2) is 4.24. The van der Waals surface area contributed by atoms with Gasteiger partial charge in [-0.05, 0) is 5.56 Å². The zero-order valence-electron chi connectivity index (χ0n) is 8.14. The third-order valence-corrected chi connectivity index (χ3v) is 2.22. The quantitative estimate of drug-likeness (QED) is 0.677. The molecule has 0 saturated heterocycles. The van der Waals surface area contributed by atoms with E-state index in [1.807, 2.05) is 18.2 Å². The SMILES string of the molecule is COC1=N[C@H](c2ccccc2)COC1. The van der Waals surface area contributed by atoms with Crippen LogP contribution in [0.1, 0.15) is 11.6 Å². The van der Waals surface area contributed by atoms with E-state index >= 15 is 0 Å². The van der Waals surface area contributed by atoms with Gasteiger partial charge in [0.1, 0.15) is 12.6 Å². The van der Waals surface area contributed by atoms with Crippen molar-refractivity contribution in [2.75, 3.05) is 20.3 Å². The molecule has 1 aliphatic heterocycles. The molecule has 0 radical (unpaired) electrons. The molecule has 0 unspecified atom stereocenters. The minimum Gasteiger partial charge on any atom is -0.483 e. The third-order valence-electron chi connectivity index (χ3n) is 2.22. The van der Waals surface area contributed by atoms with E-state index < -0.39 is 0 Å². The molecular weight excluding hydrogens is 178 g/mol. The van der Waals surface area contributed by atoms with Crippen LogP contribution in [0.4, 0.5) is 0 Å². The molecule has 0 aliphatic carbocycles. The molecule has 1 heterocycles. The summed E-state index contributed by atoms with van der Waals surface area (Å²) in [6.45, 7) is 1.12. The predicted octanol–water partition coefficient (Wildman–Crippen LogP) is 1.80. The van der Waals surface area contributed by atoms with Crippen molar-refractivity contribution in [3.63, 3.8) is 0 Å². The highest BCUT2D eigenvalue weighted by Crippen LogP contribution is 2.20. The van der Waals surface area contributed by atoms with Crippen molar-refractivity contribution in [2.24, 2.45) is 4.99 Å². The molecule has 14 heavy (non-hydrogen) atoms. The largest absolute Gasteiger partial charge is 0.483 e. The van der Waals surface area contributed by atoms with E-state index in [0.29, 0.717) is 19.1 Å². The van der Waals surface area contributed by atoms with Gasteiger partial charge in [0.25, 0.3) is 0 Å². The minimum absolute atomic E-state index is 0.0832. The monoisotopic (exact) mass is 191 g/mol. The second-order valence-electron chi connectivity index (χ2n) is 3.17. The van der Waals surface area contributed by atoms with Gasteiger partial charge in [-0.3, -0.25) is 0 Å². The number of aliphatic imine (C=N–C) groups is 1. The Labute approximate surface area is 83.4 Å². The average molecular weight is 191 g/mol. The molecule has 0 amide bonds. The molecule has 0 fully saturated rings. The zero-order valence-corrected chi connectivity index (χ0v) is 8.14. The van der Waals surface area contributed by atoms with Crippen LogP contribution in [0.25, 0.3) is 0 Å². The van der Waals surface area contributed by atoms with Gasteiger partial charge < -0.3 is 9.47 Å². The number of nitrogens with zero attached hydrogens (tertiary/aromatic N) is 1. The van der Waals surface area contributed by atoms with Crippen LogP contribution < -0.4 is 0 Å². The van der Waals surface area contributed by atoms with Crippen LogP contribution in [-0.2, 0) is 9.47 Å². The molecule has 1 aliphatic rings. The summed E-state index contributed by atoms with van der Waals surface area (Å²) in [6, 6.07) is 10.2. The Morgan fingerprint density at radius 1 is 1.36 bits per heavy atom. The molecule has 3 nitrogen and oxygen atoms in total. The lowest BCUT2D eigenvalue weighted by Gasteiger charge is -2.20. The first-order valence-electron chi connectivity index (χ1n) is 4.63. The molecular formula is C11H13NO2. The maximum Gasteiger partial charge on any atom is 0.210 e. The van der Waals surface area contributed by atoms with Crippen molar-refractivity contribution in [1.29, 1.82) is 0 Å². The highest BCUT2D eigenvalue weighted by atomic mass is 16.5. The number of hydrogen-bond donors (Lipinski definition) is 0. The first-order chi connectivity index (χ1) is 6.90.